The number of pyridine rings is 1. The molecule has 0 bridgehead atoms. The molecule has 0 radical (unpaired) electrons. The van der Waals surface area contributed by atoms with Crippen LogP contribution in [-0.4, -0.2) is 27.0 Å². The van der Waals surface area contributed by atoms with Crippen LogP contribution in [0.3, 0.4) is 0 Å². The number of benzene rings is 1. The highest BCUT2D eigenvalue weighted by molar-refractivity contribution is 6.30. The van der Waals surface area contributed by atoms with Crippen LogP contribution in [0.25, 0.3) is 5.65 Å². The Kier molecular flexibility index (Phi) is 5.63. The Hall–Kier alpha value is -2.68. The Morgan fingerprint density at radius 1 is 1.16 bits per heavy atom. The van der Waals surface area contributed by atoms with Gasteiger partial charge in [0, 0.05) is 19.2 Å². The van der Waals surface area contributed by atoms with Crippen LogP contribution in [0.4, 0.5) is 17.6 Å². The summed E-state index contributed by atoms with van der Waals surface area (Å²) in [5.74, 6) is -0.294. The topological polar surface area (TPSA) is 59.3 Å². The van der Waals surface area contributed by atoms with Crippen LogP contribution in [0.5, 0.6) is 0 Å². The van der Waals surface area contributed by atoms with Crippen LogP contribution >= 0.6 is 11.6 Å². The highest BCUT2D eigenvalue weighted by Gasteiger charge is 2.42. The van der Waals surface area contributed by atoms with Gasteiger partial charge in [0.05, 0.1) is 10.4 Å². The summed E-state index contributed by atoms with van der Waals surface area (Å²) in [6, 6.07) is 6.75. The molecule has 1 aromatic carbocycles. The van der Waals surface area contributed by atoms with Gasteiger partial charge in [-0.2, -0.15) is 13.2 Å². The molecule has 31 heavy (non-hydrogen) atoms. The molecule has 3 aromatic rings. The third-order valence-electron chi connectivity index (χ3n) is 5.77. The normalized spacial score (nSPS) is 16.0. The van der Waals surface area contributed by atoms with Crippen molar-refractivity contribution >= 4 is 23.2 Å². The Balaban J connectivity index is 1.51. The minimum absolute atomic E-state index is 0.0915. The Bertz CT molecular complexity index is 1110. The number of nitrogens with one attached hydrogen (secondary N) is 1. The Morgan fingerprint density at radius 3 is 2.48 bits per heavy atom. The summed E-state index contributed by atoms with van der Waals surface area (Å²) < 4.78 is 54.3. The second-order valence-corrected chi connectivity index (χ2v) is 8.12. The van der Waals surface area contributed by atoms with Crippen molar-refractivity contribution in [2.75, 3.05) is 6.54 Å². The van der Waals surface area contributed by atoms with Gasteiger partial charge in [0.2, 0.25) is 5.91 Å². The molecule has 1 N–H and O–H groups in total. The number of rotatable bonds is 5. The van der Waals surface area contributed by atoms with Gasteiger partial charge in [-0.1, -0.05) is 36.6 Å². The summed E-state index contributed by atoms with van der Waals surface area (Å²) in [6.07, 6.45) is -0.0403. The molecular formula is C21H19ClF4N4O. The maximum atomic E-state index is 13.3. The first kappa shape index (κ1) is 21.5. The van der Waals surface area contributed by atoms with Crippen molar-refractivity contribution < 1.29 is 22.4 Å². The number of amides is 1. The number of alkyl halides is 3. The van der Waals surface area contributed by atoms with Gasteiger partial charge in [0.25, 0.3) is 0 Å². The summed E-state index contributed by atoms with van der Waals surface area (Å²) in [6.45, 7) is 0.163. The van der Waals surface area contributed by atoms with E-state index in [1.807, 2.05) is 0 Å². The Labute approximate surface area is 180 Å². The molecule has 4 rings (SSSR count). The number of carbonyl (C=O) groups excluding carboxylic acids is 1. The molecule has 1 aliphatic carbocycles. The average molecular weight is 455 g/mol. The van der Waals surface area contributed by atoms with Crippen LogP contribution in [0.1, 0.15) is 42.6 Å². The van der Waals surface area contributed by atoms with E-state index >= 15 is 0 Å². The summed E-state index contributed by atoms with van der Waals surface area (Å²) in [4.78, 5) is 13.1. The number of hydrogen-bond acceptors (Lipinski definition) is 3. The highest BCUT2D eigenvalue weighted by atomic mass is 35.5. The van der Waals surface area contributed by atoms with Crippen molar-refractivity contribution in [1.29, 1.82) is 0 Å². The number of fused-ring (bicyclic) bond motifs is 1. The van der Waals surface area contributed by atoms with E-state index in [1.54, 1.807) is 12.1 Å². The number of nitrogens with zero attached hydrogens (tertiary/aromatic N) is 3. The number of hydrogen-bond donors (Lipinski definition) is 1. The monoisotopic (exact) mass is 454 g/mol. The van der Waals surface area contributed by atoms with Gasteiger partial charge in [-0.3, -0.25) is 9.20 Å². The molecule has 1 saturated carbocycles. The van der Waals surface area contributed by atoms with E-state index in [2.05, 4.69) is 15.5 Å². The van der Waals surface area contributed by atoms with Crippen molar-refractivity contribution in [2.24, 2.45) is 0 Å². The number of aromatic nitrogens is 3. The first-order valence-corrected chi connectivity index (χ1v) is 10.2. The molecule has 0 atom stereocenters. The molecule has 0 spiro atoms. The largest absolute Gasteiger partial charge is 0.420 e. The maximum Gasteiger partial charge on any atom is 0.420 e. The predicted octanol–water partition coefficient (Wildman–Crippen LogP) is 4.71. The molecule has 1 amide bonds. The third kappa shape index (κ3) is 4.11. The van der Waals surface area contributed by atoms with Gasteiger partial charge in [0.15, 0.2) is 5.65 Å². The van der Waals surface area contributed by atoms with Crippen LogP contribution in [0.2, 0.25) is 5.02 Å². The molecule has 2 heterocycles. The van der Waals surface area contributed by atoms with Gasteiger partial charge in [-0.25, -0.2) is 4.39 Å². The van der Waals surface area contributed by atoms with E-state index in [0.717, 1.165) is 24.5 Å². The number of halogens is 5. The molecule has 164 valence electrons. The lowest BCUT2D eigenvalue weighted by atomic mass is 9.78. The van der Waals surface area contributed by atoms with E-state index in [9.17, 15) is 22.4 Å². The second-order valence-electron chi connectivity index (χ2n) is 7.68. The van der Waals surface area contributed by atoms with Crippen LogP contribution in [-0.2, 0) is 22.8 Å². The van der Waals surface area contributed by atoms with E-state index in [-0.39, 0.29) is 41.2 Å². The molecule has 1 aliphatic rings. The van der Waals surface area contributed by atoms with E-state index in [4.69, 9.17) is 11.6 Å². The highest BCUT2D eigenvalue weighted by Crippen LogP contribution is 2.41. The molecule has 2 aromatic heterocycles. The third-order valence-corrected chi connectivity index (χ3v) is 5.98. The van der Waals surface area contributed by atoms with E-state index in [1.165, 1.54) is 22.7 Å². The zero-order valence-corrected chi connectivity index (χ0v) is 17.1. The lowest BCUT2D eigenvalue weighted by Crippen LogP contribution is -2.43. The minimum atomic E-state index is -4.62. The summed E-state index contributed by atoms with van der Waals surface area (Å²) in [5.41, 5.74) is -1.27. The van der Waals surface area contributed by atoms with Crippen molar-refractivity contribution in [3.63, 3.8) is 0 Å². The van der Waals surface area contributed by atoms with Crippen molar-refractivity contribution in [2.45, 2.75) is 43.7 Å². The fourth-order valence-corrected chi connectivity index (χ4v) is 4.44. The SMILES string of the molecule is O=C(NCCc1nnc2c(C(F)(F)F)cc(Cl)cn12)C1(c2ccc(F)cc2)CCCC1. The molecule has 1 fully saturated rings. The lowest BCUT2D eigenvalue weighted by molar-refractivity contribution is -0.136. The van der Waals surface area contributed by atoms with Gasteiger partial charge in [-0.05, 0) is 36.6 Å². The summed E-state index contributed by atoms with van der Waals surface area (Å²) in [7, 11) is 0. The quantitative estimate of drug-likeness (QED) is 0.568. The lowest BCUT2D eigenvalue weighted by Gasteiger charge is -2.28. The first-order chi connectivity index (χ1) is 14.7. The fraction of sp³-hybridized carbons (Fsp3) is 0.381. The van der Waals surface area contributed by atoms with Gasteiger partial charge >= 0.3 is 6.18 Å². The van der Waals surface area contributed by atoms with E-state index < -0.39 is 17.2 Å². The fourth-order valence-electron chi connectivity index (χ4n) is 4.24. The van der Waals surface area contributed by atoms with Crippen LogP contribution in [0, 0.1) is 5.82 Å². The van der Waals surface area contributed by atoms with Gasteiger partial charge in [0.1, 0.15) is 17.2 Å². The summed E-state index contributed by atoms with van der Waals surface area (Å²) >= 11 is 5.85. The first-order valence-electron chi connectivity index (χ1n) is 9.85. The molecular weight excluding hydrogens is 436 g/mol. The predicted molar refractivity (Wildman–Crippen MR) is 106 cm³/mol. The smallest absolute Gasteiger partial charge is 0.355 e. The summed E-state index contributed by atoms with van der Waals surface area (Å²) in [5, 5.41) is 10.3. The molecule has 5 nitrogen and oxygen atoms in total. The zero-order chi connectivity index (χ0) is 22.2. The average Bonchev–Trinajstić information content (AvgIpc) is 3.36. The van der Waals surface area contributed by atoms with Crippen LogP contribution < -0.4 is 5.32 Å². The van der Waals surface area contributed by atoms with Crippen molar-refractivity contribution in [3.05, 3.63) is 64.3 Å². The standard InChI is InChI=1S/C21H19ClF4N4O/c22-14-11-16(21(24,25)26)18-29-28-17(30(18)12-14)7-10-27-19(31)20(8-1-2-9-20)13-3-5-15(23)6-4-13/h3-6,11-12H,1-2,7-10H2,(H,27,31). The molecule has 0 unspecified atom stereocenters. The van der Waals surface area contributed by atoms with E-state index in [0.29, 0.717) is 12.8 Å². The zero-order valence-electron chi connectivity index (χ0n) is 16.3. The van der Waals surface area contributed by atoms with Crippen molar-refractivity contribution in [3.8, 4) is 0 Å². The minimum Gasteiger partial charge on any atom is -0.355 e. The molecule has 10 heteroatoms. The molecule has 0 saturated heterocycles. The van der Waals surface area contributed by atoms with Crippen molar-refractivity contribution in [1.82, 2.24) is 19.9 Å². The van der Waals surface area contributed by atoms with Gasteiger partial charge < -0.3 is 5.32 Å². The Morgan fingerprint density at radius 2 is 1.84 bits per heavy atom. The maximum absolute atomic E-state index is 13.3. The molecule has 0 aliphatic heterocycles. The van der Waals surface area contributed by atoms with Crippen LogP contribution in [0.15, 0.2) is 36.5 Å². The van der Waals surface area contributed by atoms with Gasteiger partial charge in [-0.15, -0.1) is 10.2 Å². The number of carbonyl (C=O) groups is 1. The second kappa shape index (κ2) is 8.11.